The smallest absolute Gasteiger partial charge is 0.320 e. The first-order valence-electron chi connectivity index (χ1n) is 7.75. The molecule has 0 aliphatic carbocycles. The highest BCUT2D eigenvalue weighted by Crippen LogP contribution is 2.31. The van der Waals surface area contributed by atoms with Crippen molar-refractivity contribution in [3.8, 4) is 0 Å². The average Bonchev–Trinajstić information content (AvgIpc) is 2.60. The first-order chi connectivity index (χ1) is 11.9. The third kappa shape index (κ3) is 3.47. The molecule has 1 heterocycles. The lowest BCUT2D eigenvalue weighted by molar-refractivity contribution is -0.137. The fraction of sp³-hybridized carbons (Fsp3) is 0.158. The fourth-order valence-electron chi connectivity index (χ4n) is 2.68. The van der Waals surface area contributed by atoms with Crippen LogP contribution >= 0.6 is 0 Å². The maximum Gasteiger partial charge on any atom is 0.416 e. The van der Waals surface area contributed by atoms with Crippen LogP contribution < -0.4 is 5.32 Å². The van der Waals surface area contributed by atoms with Gasteiger partial charge in [0.15, 0.2) is 0 Å². The number of benzene rings is 2. The number of para-hydroxylation sites is 1. The normalized spacial score (nSPS) is 11.5. The number of carbonyl (C=O) groups is 1. The zero-order chi connectivity index (χ0) is 18.0. The number of nitrogens with zero attached hydrogens (tertiary/aromatic N) is 1. The molecule has 0 aliphatic rings. The number of aromatic nitrogens is 1. The Balaban J connectivity index is 1.95. The van der Waals surface area contributed by atoms with Gasteiger partial charge >= 0.3 is 6.18 Å². The molecule has 1 amide bonds. The van der Waals surface area contributed by atoms with Crippen LogP contribution in [0.5, 0.6) is 0 Å². The molecular formula is C19H15F3N2O. The van der Waals surface area contributed by atoms with Crippen molar-refractivity contribution >= 4 is 22.5 Å². The van der Waals surface area contributed by atoms with Crippen molar-refractivity contribution in [1.29, 1.82) is 0 Å². The van der Waals surface area contributed by atoms with E-state index in [1.54, 1.807) is 31.3 Å². The Bertz CT molecular complexity index is 930. The number of carbonyl (C=O) groups excluding carboxylic acids is 1. The van der Waals surface area contributed by atoms with Crippen LogP contribution in [0.1, 0.15) is 28.4 Å². The van der Waals surface area contributed by atoms with Gasteiger partial charge in [-0.25, -0.2) is 0 Å². The minimum atomic E-state index is -4.43. The molecule has 3 aromatic rings. The van der Waals surface area contributed by atoms with Gasteiger partial charge in [-0.15, -0.1) is 0 Å². The summed E-state index contributed by atoms with van der Waals surface area (Å²) in [6.45, 7) is 1.71. The van der Waals surface area contributed by atoms with Crippen LogP contribution in [-0.4, -0.2) is 10.9 Å². The van der Waals surface area contributed by atoms with Crippen molar-refractivity contribution in [3.05, 3.63) is 71.4 Å². The van der Waals surface area contributed by atoms with Gasteiger partial charge < -0.3 is 5.32 Å². The van der Waals surface area contributed by atoms with Crippen LogP contribution in [0.25, 0.3) is 10.9 Å². The Morgan fingerprint density at radius 2 is 1.88 bits per heavy atom. The summed E-state index contributed by atoms with van der Waals surface area (Å²) < 4.78 is 38.5. The Morgan fingerprint density at radius 1 is 1.12 bits per heavy atom. The quantitative estimate of drug-likeness (QED) is 0.721. The largest absolute Gasteiger partial charge is 0.416 e. The summed E-state index contributed by atoms with van der Waals surface area (Å²) in [5.74, 6) is -0.455. The first kappa shape index (κ1) is 17.0. The number of alkyl halides is 3. The summed E-state index contributed by atoms with van der Waals surface area (Å²) >= 11 is 0. The van der Waals surface area contributed by atoms with E-state index in [1.165, 1.54) is 6.07 Å². The molecule has 0 fully saturated rings. The lowest BCUT2D eigenvalue weighted by Crippen LogP contribution is -2.16. The molecule has 6 heteroatoms. The van der Waals surface area contributed by atoms with E-state index in [0.29, 0.717) is 23.2 Å². The molecule has 2 aromatic carbocycles. The molecule has 0 aliphatic heterocycles. The third-order valence-corrected chi connectivity index (χ3v) is 3.94. The molecule has 1 aromatic heterocycles. The summed E-state index contributed by atoms with van der Waals surface area (Å²) in [6.07, 6.45) is -2.49. The molecule has 0 saturated carbocycles. The van der Waals surface area contributed by atoms with Gasteiger partial charge in [-0.2, -0.15) is 13.2 Å². The molecule has 1 N–H and O–H groups in total. The molecule has 128 valence electrons. The molecule has 3 nitrogen and oxygen atoms in total. The van der Waals surface area contributed by atoms with Gasteiger partial charge in [0.05, 0.1) is 16.8 Å². The Morgan fingerprint density at radius 3 is 2.60 bits per heavy atom. The maximum atomic E-state index is 12.8. The van der Waals surface area contributed by atoms with Crippen molar-refractivity contribution in [2.75, 3.05) is 5.32 Å². The van der Waals surface area contributed by atoms with E-state index in [9.17, 15) is 18.0 Å². The molecule has 0 unspecified atom stereocenters. The van der Waals surface area contributed by atoms with Crippen LogP contribution in [0.4, 0.5) is 18.9 Å². The van der Waals surface area contributed by atoms with E-state index in [0.717, 1.165) is 17.5 Å². The van der Waals surface area contributed by atoms with Crippen LogP contribution in [0.2, 0.25) is 0 Å². The van der Waals surface area contributed by atoms with Crippen LogP contribution in [0.3, 0.4) is 0 Å². The van der Waals surface area contributed by atoms with E-state index in [1.807, 2.05) is 12.1 Å². The van der Waals surface area contributed by atoms with Gasteiger partial charge in [0.1, 0.15) is 0 Å². The maximum absolute atomic E-state index is 12.8. The number of hydrogen-bond donors (Lipinski definition) is 1. The predicted molar refractivity (Wildman–Crippen MR) is 90.5 cm³/mol. The molecule has 3 rings (SSSR count). The number of amides is 1. The standard InChI is InChI=1S/C19H15F3N2O/c1-2-12-11-14(19(20,21)22)8-9-15(12)18(25)24-16-7-3-5-13-6-4-10-23-17(13)16/h3-11H,2H2,1H3,(H,24,25). The van der Waals surface area contributed by atoms with Crippen molar-refractivity contribution < 1.29 is 18.0 Å². The second-order valence-electron chi connectivity index (χ2n) is 5.56. The average molecular weight is 344 g/mol. The SMILES string of the molecule is CCc1cc(C(F)(F)F)ccc1C(=O)Nc1cccc2cccnc12. The molecule has 0 saturated heterocycles. The molecule has 0 atom stereocenters. The number of hydrogen-bond acceptors (Lipinski definition) is 2. The number of pyridine rings is 1. The van der Waals surface area contributed by atoms with Crippen LogP contribution in [0.15, 0.2) is 54.7 Å². The summed E-state index contributed by atoms with van der Waals surface area (Å²) in [4.78, 5) is 16.8. The zero-order valence-electron chi connectivity index (χ0n) is 13.4. The summed E-state index contributed by atoms with van der Waals surface area (Å²) in [7, 11) is 0. The summed E-state index contributed by atoms with van der Waals surface area (Å²) in [5.41, 5.74) is 0.963. The highest BCUT2D eigenvalue weighted by atomic mass is 19.4. The van der Waals surface area contributed by atoms with Gasteiger partial charge in [0, 0.05) is 17.1 Å². The van der Waals surface area contributed by atoms with Gasteiger partial charge in [-0.3, -0.25) is 9.78 Å². The van der Waals surface area contributed by atoms with Gasteiger partial charge in [0.2, 0.25) is 0 Å². The van der Waals surface area contributed by atoms with Gasteiger partial charge in [0.25, 0.3) is 5.91 Å². The Labute approximate surface area is 142 Å². The third-order valence-electron chi connectivity index (χ3n) is 3.94. The minimum Gasteiger partial charge on any atom is -0.320 e. The van der Waals surface area contributed by atoms with E-state index >= 15 is 0 Å². The van der Waals surface area contributed by atoms with Crippen molar-refractivity contribution in [3.63, 3.8) is 0 Å². The lowest BCUT2D eigenvalue weighted by Gasteiger charge is -2.13. The summed E-state index contributed by atoms with van der Waals surface area (Å²) in [5, 5.41) is 3.62. The topological polar surface area (TPSA) is 42.0 Å². The Hall–Kier alpha value is -2.89. The second kappa shape index (κ2) is 6.55. The van der Waals surface area contributed by atoms with Crippen molar-refractivity contribution in [1.82, 2.24) is 4.98 Å². The highest BCUT2D eigenvalue weighted by Gasteiger charge is 2.31. The number of anilines is 1. The Kier molecular flexibility index (Phi) is 4.44. The molecule has 25 heavy (non-hydrogen) atoms. The van der Waals surface area contributed by atoms with Crippen LogP contribution in [-0.2, 0) is 12.6 Å². The van der Waals surface area contributed by atoms with E-state index < -0.39 is 17.6 Å². The van der Waals surface area contributed by atoms with Crippen molar-refractivity contribution in [2.45, 2.75) is 19.5 Å². The van der Waals surface area contributed by atoms with E-state index in [2.05, 4.69) is 10.3 Å². The molecule has 0 bridgehead atoms. The first-order valence-corrected chi connectivity index (χ1v) is 7.75. The minimum absolute atomic E-state index is 0.225. The number of nitrogens with one attached hydrogen (secondary N) is 1. The number of rotatable bonds is 3. The number of halogens is 3. The summed E-state index contributed by atoms with van der Waals surface area (Å²) in [6, 6.07) is 12.2. The predicted octanol–water partition coefficient (Wildman–Crippen LogP) is 5.07. The lowest BCUT2D eigenvalue weighted by atomic mass is 10.0. The van der Waals surface area contributed by atoms with E-state index in [4.69, 9.17) is 0 Å². The van der Waals surface area contributed by atoms with Gasteiger partial charge in [-0.05, 0) is 42.3 Å². The monoisotopic (exact) mass is 344 g/mol. The fourth-order valence-corrected chi connectivity index (χ4v) is 2.68. The number of aryl methyl sites for hydroxylation is 1. The van der Waals surface area contributed by atoms with Gasteiger partial charge in [-0.1, -0.05) is 25.1 Å². The number of fused-ring (bicyclic) bond motifs is 1. The zero-order valence-corrected chi connectivity index (χ0v) is 13.4. The highest BCUT2D eigenvalue weighted by molar-refractivity contribution is 6.09. The van der Waals surface area contributed by atoms with Crippen LogP contribution in [0, 0.1) is 0 Å². The second-order valence-corrected chi connectivity index (χ2v) is 5.56. The van der Waals surface area contributed by atoms with E-state index in [-0.39, 0.29) is 5.56 Å². The molecule has 0 radical (unpaired) electrons. The van der Waals surface area contributed by atoms with Crippen molar-refractivity contribution in [2.24, 2.45) is 0 Å². The molecular weight excluding hydrogens is 329 g/mol. The molecule has 0 spiro atoms.